The lowest BCUT2D eigenvalue weighted by atomic mass is 10.1. The SMILES string of the molecule is COc1ccc(F)cc1[C@H](COC1Nc2sc(-n3nccn3)c(C)c2C(=O)N1[C@H]1CCN(C)C1=O)OCCCO. The van der Waals surface area contributed by atoms with Crippen molar-refractivity contribution >= 4 is 28.2 Å². The highest BCUT2D eigenvalue weighted by molar-refractivity contribution is 7.19. The van der Waals surface area contributed by atoms with Crippen molar-refractivity contribution in [2.75, 3.05) is 45.8 Å². The maximum absolute atomic E-state index is 14.2. The number of rotatable bonds is 11. The number of carbonyl (C=O) groups excluding carboxylic acids is 2. The lowest BCUT2D eigenvalue weighted by Gasteiger charge is -2.39. The zero-order chi connectivity index (χ0) is 28.4. The van der Waals surface area contributed by atoms with Gasteiger partial charge in [-0.25, -0.2) is 4.39 Å². The van der Waals surface area contributed by atoms with E-state index in [0.717, 1.165) is 0 Å². The number of fused-ring (bicyclic) bond motifs is 1. The number of likely N-dealkylation sites (N-methyl/N-ethyl adjacent to an activating group) is 1. The summed E-state index contributed by atoms with van der Waals surface area (Å²) < 4.78 is 31.9. The first-order valence-corrected chi connectivity index (χ1v) is 13.7. The fraction of sp³-hybridized carbons (Fsp3) is 0.462. The van der Waals surface area contributed by atoms with Crippen LogP contribution in [0.3, 0.4) is 0 Å². The van der Waals surface area contributed by atoms with Crippen LogP contribution in [-0.4, -0.2) is 94.6 Å². The van der Waals surface area contributed by atoms with E-state index in [0.29, 0.717) is 51.8 Å². The van der Waals surface area contributed by atoms with E-state index >= 15 is 0 Å². The third kappa shape index (κ3) is 5.27. The Kier molecular flexibility index (Phi) is 8.30. The highest BCUT2D eigenvalue weighted by Crippen LogP contribution is 2.41. The molecule has 0 aliphatic carbocycles. The molecule has 14 heteroatoms. The number of aliphatic hydroxyl groups is 1. The quantitative estimate of drug-likeness (QED) is 0.331. The topological polar surface area (TPSA) is 131 Å². The van der Waals surface area contributed by atoms with Crippen LogP contribution in [-0.2, 0) is 14.3 Å². The molecule has 0 radical (unpaired) electrons. The number of halogens is 1. The molecule has 12 nitrogen and oxygen atoms in total. The summed E-state index contributed by atoms with van der Waals surface area (Å²) in [6, 6.07) is 3.36. The lowest BCUT2D eigenvalue weighted by molar-refractivity contribution is -0.136. The van der Waals surface area contributed by atoms with Crippen molar-refractivity contribution in [3.05, 3.63) is 53.1 Å². The second kappa shape index (κ2) is 11.9. The lowest BCUT2D eigenvalue weighted by Crippen LogP contribution is -2.57. The highest BCUT2D eigenvalue weighted by atomic mass is 32.1. The van der Waals surface area contributed by atoms with Gasteiger partial charge in [-0.2, -0.15) is 10.2 Å². The number of nitrogens with one attached hydrogen (secondary N) is 1. The van der Waals surface area contributed by atoms with Crippen molar-refractivity contribution < 1.29 is 33.3 Å². The van der Waals surface area contributed by atoms with Gasteiger partial charge in [0.05, 0.1) is 31.7 Å². The molecule has 214 valence electrons. The molecule has 5 rings (SSSR count). The number of benzene rings is 1. The summed E-state index contributed by atoms with van der Waals surface area (Å²) in [5.74, 6) is -0.599. The molecule has 2 N–H and O–H groups in total. The number of amides is 2. The minimum atomic E-state index is -1.01. The summed E-state index contributed by atoms with van der Waals surface area (Å²) in [4.78, 5) is 31.5. The normalized spacial score (nSPS) is 19.6. The highest BCUT2D eigenvalue weighted by Gasteiger charge is 2.46. The summed E-state index contributed by atoms with van der Waals surface area (Å²) in [6.45, 7) is 2.33. The van der Waals surface area contributed by atoms with Gasteiger partial charge in [-0.3, -0.25) is 14.5 Å². The number of methoxy groups -OCH3 is 1. The second-order valence-corrected chi connectivity index (χ2v) is 10.5. The van der Waals surface area contributed by atoms with Gasteiger partial charge in [0.2, 0.25) is 12.3 Å². The molecule has 0 saturated carbocycles. The molecule has 2 aliphatic rings. The van der Waals surface area contributed by atoms with Gasteiger partial charge < -0.3 is 29.5 Å². The molecular weight excluding hydrogens is 543 g/mol. The zero-order valence-corrected chi connectivity index (χ0v) is 23.2. The zero-order valence-electron chi connectivity index (χ0n) is 22.4. The molecule has 1 saturated heterocycles. The van der Waals surface area contributed by atoms with E-state index < -0.39 is 24.3 Å². The fourth-order valence-electron chi connectivity index (χ4n) is 4.93. The van der Waals surface area contributed by atoms with Crippen molar-refractivity contribution in [3.63, 3.8) is 0 Å². The van der Waals surface area contributed by atoms with Gasteiger partial charge in [0.25, 0.3) is 5.91 Å². The molecule has 3 atom stereocenters. The predicted molar refractivity (Wildman–Crippen MR) is 143 cm³/mol. The Bertz CT molecular complexity index is 1370. The Hall–Kier alpha value is -3.59. The van der Waals surface area contributed by atoms with E-state index in [1.165, 1.54) is 46.3 Å². The standard InChI is InChI=1S/C26H31FN6O6S/c1-15-21-22(40-25(15)33-28-8-9-29-33)30-26(32(24(21)36)18-7-10-31(2)23(18)35)39-14-20(38-12-4-11-34)17-13-16(27)5-6-19(17)37-3/h5-6,8-9,13,18,20,26,30,34H,4,7,10-12,14H2,1-3H3/t18-,20-,26?/m0/s1. The van der Waals surface area contributed by atoms with Gasteiger partial charge in [-0.1, -0.05) is 11.3 Å². The summed E-state index contributed by atoms with van der Waals surface area (Å²) >= 11 is 1.30. The van der Waals surface area contributed by atoms with E-state index in [4.69, 9.17) is 14.2 Å². The molecule has 3 aromatic rings. The average Bonchev–Trinajstić information content (AvgIpc) is 3.67. The summed E-state index contributed by atoms with van der Waals surface area (Å²) in [6.07, 6.45) is 2.12. The molecule has 0 spiro atoms. The maximum Gasteiger partial charge on any atom is 0.261 e. The molecule has 1 unspecified atom stereocenters. The van der Waals surface area contributed by atoms with E-state index in [2.05, 4.69) is 15.5 Å². The van der Waals surface area contributed by atoms with Crippen molar-refractivity contribution in [3.8, 4) is 10.8 Å². The fourth-order valence-corrected chi connectivity index (χ4v) is 6.06. The van der Waals surface area contributed by atoms with E-state index in [1.807, 2.05) is 6.92 Å². The molecule has 1 fully saturated rings. The van der Waals surface area contributed by atoms with Crippen molar-refractivity contribution in [1.29, 1.82) is 0 Å². The number of anilines is 1. The van der Waals surface area contributed by atoms with E-state index in [1.54, 1.807) is 24.3 Å². The van der Waals surface area contributed by atoms with Gasteiger partial charge >= 0.3 is 0 Å². The summed E-state index contributed by atoms with van der Waals surface area (Å²) in [5, 5.41) is 22.2. The minimum absolute atomic E-state index is 0.0778. The first kappa shape index (κ1) is 28.0. The third-order valence-corrected chi connectivity index (χ3v) is 8.17. The van der Waals surface area contributed by atoms with Crippen LogP contribution in [0.5, 0.6) is 5.75 Å². The monoisotopic (exact) mass is 574 g/mol. The van der Waals surface area contributed by atoms with Gasteiger partial charge in [-0.05, 0) is 38.0 Å². The minimum Gasteiger partial charge on any atom is -0.496 e. The predicted octanol–water partition coefficient (Wildman–Crippen LogP) is 2.32. The third-order valence-electron chi connectivity index (χ3n) is 6.98. The Morgan fingerprint density at radius 2 is 2.05 bits per heavy atom. The number of hydrogen-bond acceptors (Lipinski definition) is 10. The van der Waals surface area contributed by atoms with Gasteiger partial charge in [0.1, 0.15) is 33.7 Å². The van der Waals surface area contributed by atoms with Crippen LogP contribution < -0.4 is 10.1 Å². The molecule has 2 amide bonds. The van der Waals surface area contributed by atoms with Crippen molar-refractivity contribution in [2.24, 2.45) is 0 Å². The number of aliphatic hydroxyl groups excluding tert-OH is 1. The Balaban J connectivity index is 1.47. The molecule has 2 aliphatic heterocycles. The molecular formula is C26H31FN6O6S. The smallest absolute Gasteiger partial charge is 0.261 e. The van der Waals surface area contributed by atoms with Crippen LogP contribution in [0.25, 0.3) is 5.00 Å². The van der Waals surface area contributed by atoms with E-state index in [9.17, 15) is 19.1 Å². The molecule has 1 aromatic carbocycles. The number of ether oxygens (including phenoxy) is 3. The van der Waals surface area contributed by atoms with Gasteiger partial charge in [0, 0.05) is 37.9 Å². The Morgan fingerprint density at radius 3 is 2.73 bits per heavy atom. The van der Waals surface area contributed by atoms with Crippen LogP contribution in [0, 0.1) is 12.7 Å². The molecule has 4 heterocycles. The van der Waals surface area contributed by atoms with E-state index in [-0.39, 0.29) is 31.6 Å². The number of likely N-dealkylation sites (tertiary alicyclic amines) is 1. The average molecular weight is 575 g/mol. The molecule has 0 bridgehead atoms. The first-order valence-electron chi connectivity index (χ1n) is 12.9. The number of thiophene rings is 1. The van der Waals surface area contributed by atoms with Crippen LogP contribution in [0.2, 0.25) is 0 Å². The van der Waals surface area contributed by atoms with Crippen molar-refractivity contribution in [2.45, 2.75) is 38.3 Å². The van der Waals surface area contributed by atoms with Crippen LogP contribution in [0.15, 0.2) is 30.6 Å². The number of carbonyl (C=O) groups is 2. The summed E-state index contributed by atoms with van der Waals surface area (Å²) in [7, 11) is 3.17. The Morgan fingerprint density at radius 1 is 1.27 bits per heavy atom. The van der Waals surface area contributed by atoms with Crippen molar-refractivity contribution in [1.82, 2.24) is 24.8 Å². The van der Waals surface area contributed by atoms with Crippen LogP contribution >= 0.6 is 11.3 Å². The Labute approximate surface area is 234 Å². The van der Waals surface area contributed by atoms with Gasteiger partial charge in [0.15, 0.2) is 0 Å². The first-order chi connectivity index (χ1) is 19.3. The maximum atomic E-state index is 14.2. The second-order valence-electron chi connectivity index (χ2n) is 9.48. The number of aromatic nitrogens is 3. The number of hydrogen-bond donors (Lipinski definition) is 2. The number of nitrogens with zero attached hydrogens (tertiary/aromatic N) is 5. The van der Waals surface area contributed by atoms with Crippen LogP contribution in [0.4, 0.5) is 9.39 Å². The van der Waals surface area contributed by atoms with Crippen LogP contribution in [0.1, 0.15) is 40.4 Å². The van der Waals surface area contributed by atoms with Gasteiger partial charge in [-0.15, -0.1) is 4.80 Å². The molecule has 2 aromatic heterocycles. The summed E-state index contributed by atoms with van der Waals surface area (Å²) in [5.41, 5.74) is 1.54. The largest absolute Gasteiger partial charge is 0.496 e. The molecule has 40 heavy (non-hydrogen) atoms.